The van der Waals surface area contributed by atoms with Crippen LogP contribution in [0.25, 0.3) is 0 Å². The van der Waals surface area contributed by atoms with Crippen LogP contribution < -0.4 is 0 Å². The summed E-state index contributed by atoms with van der Waals surface area (Å²) >= 11 is 0. The molecule has 19 heavy (non-hydrogen) atoms. The number of aliphatic imine (C=N–C) groups is 1. The molecule has 0 unspecified atom stereocenters. The molecule has 0 spiro atoms. The minimum atomic E-state index is 0.225. The van der Waals surface area contributed by atoms with Crippen molar-refractivity contribution in [2.75, 3.05) is 40.3 Å². The Labute approximate surface area is 115 Å². The van der Waals surface area contributed by atoms with Crippen molar-refractivity contribution in [3.8, 4) is 0 Å². The van der Waals surface area contributed by atoms with Gasteiger partial charge in [-0.3, -0.25) is 4.79 Å². The molecule has 1 aliphatic heterocycles. The van der Waals surface area contributed by atoms with E-state index >= 15 is 0 Å². The van der Waals surface area contributed by atoms with Gasteiger partial charge >= 0.3 is 0 Å². The van der Waals surface area contributed by atoms with E-state index in [2.05, 4.69) is 23.2 Å². The van der Waals surface area contributed by atoms with Crippen molar-refractivity contribution < 1.29 is 4.79 Å². The van der Waals surface area contributed by atoms with E-state index in [1.807, 2.05) is 36.9 Å². The molecule has 0 aromatic heterocycles. The molecule has 5 heteroatoms. The fourth-order valence-electron chi connectivity index (χ4n) is 2.02. The maximum Gasteiger partial charge on any atom is 0.222 e. The minimum Gasteiger partial charge on any atom is -0.368 e. The summed E-state index contributed by atoms with van der Waals surface area (Å²) in [6.07, 6.45) is 2.50. The lowest BCUT2D eigenvalue weighted by Gasteiger charge is -2.36. The molecule has 5 nitrogen and oxygen atoms in total. The monoisotopic (exact) mass is 264 g/mol. The Morgan fingerprint density at radius 1 is 1.26 bits per heavy atom. The molecule has 0 aromatic carbocycles. The summed E-state index contributed by atoms with van der Waals surface area (Å²) in [5.41, 5.74) is 0.916. The molecule has 0 bridgehead atoms. The number of piperazine rings is 1. The number of hydrogen-bond donors (Lipinski definition) is 0. The van der Waals surface area contributed by atoms with Gasteiger partial charge in [-0.15, -0.1) is 0 Å². The standard InChI is InChI=1S/C14H24N4O/c1-6-14(19)18-9-7-17(8-10-18)12(2)11-13(15-3)16(4)5/h11H,2-3,6-10H2,1,4-5H3/b13-11+. The quantitative estimate of drug-likeness (QED) is 0.552. The van der Waals surface area contributed by atoms with Gasteiger partial charge in [0.1, 0.15) is 5.82 Å². The van der Waals surface area contributed by atoms with Crippen molar-refractivity contribution in [1.82, 2.24) is 14.7 Å². The van der Waals surface area contributed by atoms with Gasteiger partial charge in [-0.25, -0.2) is 4.99 Å². The summed E-state index contributed by atoms with van der Waals surface area (Å²) in [6, 6.07) is 0. The molecular formula is C14H24N4O. The van der Waals surface area contributed by atoms with Gasteiger partial charge in [0, 0.05) is 58.5 Å². The molecule has 1 aliphatic rings. The molecular weight excluding hydrogens is 240 g/mol. The van der Waals surface area contributed by atoms with Crippen LogP contribution in [0.1, 0.15) is 13.3 Å². The number of amides is 1. The summed E-state index contributed by atoms with van der Waals surface area (Å²) in [5, 5.41) is 0. The number of allylic oxidation sites excluding steroid dienone is 1. The first-order chi connectivity index (χ1) is 8.99. The highest BCUT2D eigenvalue weighted by atomic mass is 16.2. The van der Waals surface area contributed by atoms with Crippen molar-refractivity contribution in [3.05, 3.63) is 24.2 Å². The van der Waals surface area contributed by atoms with Gasteiger partial charge in [0.05, 0.1) is 0 Å². The number of nitrogens with zero attached hydrogens (tertiary/aromatic N) is 4. The summed E-state index contributed by atoms with van der Waals surface area (Å²) in [5.74, 6) is 1.01. The van der Waals surface area contributed by atoms with E-state index in [-0.39, 0.29) is 5.91 Å². The largest absolute Gasteiger partial charge is 0.368 e. The van der Waals surface area contributed by atoms with E-state index < -0.39 is 0 Å². The Balaban J connectivity index is 2.58. The van der Waals surface area contributed by atoms with Crippen molar-refractivity contribution in [1.29, 1.82) is 0 Å². The molecule has 106 valence electrons. The maximum atomic E-state index is 11.6. The highest BCUT2D eigenvalue weighted by molar-refractivity contribution is 5.75. The molecule has 0 saturated carbocycles. The van der Waals surface area contributed by atoms with Gasteiger partial charge in [0.25, 0.3) is 0 Å². The Morgan fingerprint density at radius 2 is 1.79 bits per heavy atom. The molecule has 1 rings (SSSR count). The zero-order chi connectivity index (χ0) is 14.4. The summed E-state index contributed by atoms with van der Waals surface area (Å²) in [7, 11) is 3.84. The molecule has 1 amide bonds. The number of carbonyl (C=O) groups excluding carboxylic acids is 1. The third kappa shape index (κ3) is 4.12. The second-order valence-corrected chi connectivity index (χ2v) is 4.77. The normalized spacial score (nSPS) is 16.3. The van der Waals surface area contributed by atoms with Crippen LogP contribution in [-0.4, -0.2) is 67.6 Å². The fourth-order valence-corrected chi connectivity index (χ4v) is 2.02. The van der Waals surface area contributed by atoms with Crippen LogP contribution in [0.5, 0.6) is 0 Å². The molecule has 1 saturated heterocycles. The molecule has 1 heterocycles. The van der Waals surface area contributed by atoms with Gasteiger partial charge in [0.15, 0.2) is 0 Å². The molecule has 0 atom stereocenters. The van der Waals surface area contributed by atoms with E-state index in [9.17, 15) is 4.79 Å². The Bertz CT molecular complexity index is 379. The Hall–Kier alpha value is -1.78. The van der Waals surface area contributed by atoms with Crippen molar-refractivity contribution >= 4 is 12.6 Å². The lowest BCUT2D eigenvalue weighted by atomic mass is 10.2. The SMILES string of the molecule is C=N/C(=C\C(=C)N1CCN(C(=O)CC)CC1)N(C)C. The molecule has 0 N–H and O–H groups in total. The van der Waals surface area contributed by atoms with E-state index in [1.165, 1.54) is 0 Å². The van der Waals surface area contributed by atoms with Crippen molar-refractivity contribution in [3.63, 3.8) is 0 Å². The van der Waals surface area contributed by atoms with Gasteiger partial charge in [-0.1, -0.05) is 13.5 Å². The molecule has 0 aliphatic carbocycles. The van der Waals surface area contributed by atoms with Gasteiger partial charge in [-0.2, -0.15) is 0 Å². The average Bonchev–Trinajstić information content (AvgIpc) is 2.43. The van der Waals surface area contributed by atoms with Crippen LogP contribution >= 0.6 is 0 Å². The second kappa shape index (κ2) is 6.97. The van der Waals surface area contributed by atoms with Gasteiger partial charge in [0.2, 0.25) is 5.91 Å². The predicted octanol–water partition coefficient (Wildman–Crippen LogP) is 1.16. The lowest BCUT2D eigenvalue weighted by molar-refractivity contribution is -0.132. The van der Waals surface area contributed by atoms with E-state index in [0.29, 0.717) is 6.42 Å². The Kier molecular flexibility index (Phi) is 5.60. The van der Waals surface area contributed by atoms with Gasteiger partial charge < -0.3 is 14.7 Å². The van der Waals surface area contributed by atoms with Crippen LogP contribution in [0, 0.1) is 0 Å². The van der Waals surface area contributed by atoms with E-state index in [4.69, 9.17) is 0 Å². The molecule has 0 aromatic rings. The third-order valence-electron chi connectivity index (χ3n) is 3.26. The van der Waals surface area contributed by atoms with Crippen molar-refractivity contribution in [2.45, 2.75) is 13.3 Å². The fraction of sp³-hybridized carbons (Fsp3) is 0.571. The third-order valence-corrected chi connectivity index (χ3v) is 3.26. The van der Waals surface area contributed by atoms with Crippen LogP contribution in [0.15, 0.2) is 29.2 Å². The average molecular weight is 264 g/mol. The summed E-state index contributed by atoms with van der Waals surface area (Å²) in [6.45, 7) is 12.7. The highest BCUT2D eigenvalue weighted by Crippen LogP contribution is 2.13. The van der Waals surface area contributed by atoms with Crippen LogP contribution in [0.4, 0.5) is 0 Å². The van der Waals surface area contributed by atoms with E-state index in [1.54, 1.807) is 0 Å². The van der Waals surface area contributed by atoms with Crippen molar-refractivity contribution in [2.24, 2.45) is 4.99 Å². The maximum absolute atomic E-state index is 11.6. The molecule has 0 radical (unpaired) electrons. The zero-order valence-corrected chi connectivity index (χ0v) is 12.2. The van der Waals surface area contributed by atoms with Crippen LogP contribution in [-0.2, 0) is 4.79 Å². The Morgan fingerprint density at radius 3 is 2.21 bits per heavy atom. The summed E-state index contributed by atoms with van der Waals surface area (Å²) < 4.78 is 0. The van der Waals surface area contributed by atoms with Gasteiger partial charge in [-0.05, 0) is 6.72 Å². The molecule has 1 fully saturated rings. The zero-order valence-electron chi connectivity index (χ0n) is 12.2. The topological polar surface area (TPSA) is 39.1 Å². The lowest BCUT2D eigenvalue weighted by Crippen LogP contribution is -2.47. The first-order valence-electron chi connectivity index (χ1n) is 6.57. The number of carbonyl (C=O) groups is 1. The smallest absolute Gasteiger partial charge is 0.222 e. The number of hydrogen-bond acceptors (Lipinski definition) is 4. The minimum absolute atomic E-state index is 0.225. The van der Waals surface area contributed by atoms with E-state index in [0.717, 1.165) is 37.7 Å². The summed E-state index contributed by atoms with van der Waals surface area (Å²) in [4.78, 5) is 21.5. The predicted molar refractivity (Wildman–Crippen MR) is 78.9 cm³/mol. The van der Waals surface area contributed by atoms with Crippen LogP contribution in [0.3, 0.4) is 0 Å². The first-order valence-corrected chi connectivity index (χ1v) is 6.57. The second-order valence-electron chi connectivity index (χ2n) is 4.77. The number of rotatable bonds is 5. The first kappa shape index (κ1) is 15.3. The highest BCUT2D eigenvalue weighted by Gasteiger charge is 2.20. The van der Waals surface area contributed by atoms with Crippen LogP contribution in [0.2, 0.25) is 0 Å².